The van der Waals surface area contributed by atoms with Crippen molar-refractivity contribution >= 4 is 0 Å². The third-order valence-electron chi connectivity index (χ3n) is 3.01. The molecule has 1 aliphatic heterocycles. The van der Waals surface area contributed by atoms with Gasteiger partial charge in [-0.1, -0.05) is 30.3 Å². The first-order valence-electron chi connectivity index (χ1n) is 5.19. The summed E-state index contributed by atoms with van der Waals surface area (Å²) in [4.78, 5) is 2.18. The summed E-state index contributed by atoms with van der Waals surface area (Å²) < 4.78 is 0. The average molecular weight is 191 g/mol. The van der Waals surface area contributed by atoms with Gasteiger partial charge < -0.3 is 10.0 Å². The summed E-state index contributed by atoms with van der Waals surface area (Å²) in [6.45, 7) is 1.87. The van der Waals surface area contributed by atoms with Crippen molar-refractivity contribution in [2.45, 2.75) is 18.4 Å². The molecular weight excluding hydrogens is 174 g/mol. The summed E-state index contributed by atoms with van der Waals surface area (Å²) >= 11 is 0. The maximum Gasteiger partial charge on any atom is 0.0735 e. The van der Waals surface area contributed by atoms with Gasteiger partial charge in [0.1, 0.15) is 0 Å². The van der Waals surface area contributed by atoms with Crippen LogP contribution in [-0.2, 0) is 0 Å². The molecule has 1 fully saturated rings. The minimum absolute atomic E-state index is 0.212. The summed E-state index contributed by atoms with van der Waals surface area (Å²) in [5.41, 5.74) is 1.27. The molecule has 0 saturated carbocycles. The molecule has 1 N–H and O–H groups in total. The SMILES string of the molecule is CN1CC[C@H](c2ccccc2)[C@@H](O)C1. The zero-order chi connectivity index (χ0) is 9.97. The quantitative estimate of drug-likeness (QED) is 0.726. The van der Waals surface area contributed by atoms with Crippen molar-refractivity contribution < 1.29 is 5.11 Å². The van der Waals surface area contributed by atoms with E-state index in [1.165, 1.54) is 5.56 Å². The Morgan fingerprint density at radius 1 is 1.29 bits per heavy atom. The maximum atomic E-state index is 9.95. The molecule has 2 heteroatoms. The Hall–Kier alpha value is -0.860. The minimum atomic E-state index is -0.212. The van der Waals surface area contributed by atoms with Crippen molar-refractivity contribution in [1.82, 2.24) is 4.90 Å². The van der Waals surface area contributed by atoms with Gasteiger partial charge in [-0.25, -0.2) is 0 Å². The summed E-state index contributed by atoms with van der Waals surface area (Å²) in [5, 5.41) is 9.95. The average Bonchev–Trinajstić information content (AvgIpc) is 2.19. The Morgan fingerprint density at radius 2 is 2.00 bits per heavy atom. The van der Waals surface area contributed by atoms with Gasteiger partial charge in [0, 0.05) is 12.5 Å². The van der Waals surface area contributed by atoms with Gasteiger partial charge in [-0.05, 0) is 25.6 Å². The molecule has 1 saturated heterocycles. The molecule has 1 aromatic carbocycles. The number of rotatable bonds is 1. The molecule has 0 bridgehead atoms. The summed E-state index contributed by atoms with van der Waals surface area (Å²) in [7, 11) is 2.06. The van der Waals surface area contributed by atoms with Crippen LogP contribution >= 0.6 is 0 Å². The van der Waals surface area contributed by atoms with Crippen LogP contribution in [0.3, 0.4) is 0 Å². The third kappa shape index (κ3) is 1.97. The number of piperidine rings is 1. The fourth-order valence-electron chi connectivity index (χ4n) is 2.18. The number of nitrogens with zero attached hydrogens (tertiary/aromatic N) is 1. The van der Waals surface area contributed by atoms with Crippen molar-refractivity contribution in [3.63, 3.8) is 0 Å². The molecule has 1 aromatic rings. The number of benzene rings is 1. The lowest BCUT2D eigenvalue weighted by Crippen LogP contribution is -2.40. The first kappa shape index (κ1) is 9.69. The first-order valence-corrected chi connectivity index (χ1v) is 5.19. The van der Waals surface area contributed by atoms with Crippen molar-refractivity contribution in [1.29, 1.82) is 0 Å². The Bertz CT molecular complexity index is 286. The van der Waals surface area contributed by atoms with Crippen LogP contribution in [0.15, 0.2) is 30.3 Å². The lowest BCUT2D eigenvalue weighted by molar-refractivity contribution is 0.0638. The van der Waals surface area contributed by atoms with Crippen LogP contribution in [0, 0.1) is 0 Å². The fraction of sp³-hybridized carbons (Fsp3) is 0.500. The van der Waals surface area contributed by atoms with E-state index in [2.05, 4.69) is 24.1 Å². The molecule has 2 atom stereocenters. The first-order chi connectivity index (χ1) is 6.77. The molecule has 2 rings (SSSR count). The zero-order valence-electron chi connectivity index (χ0n) is 8.56. The van der Waals surface area contributed by atoms with Gasteiger partial charge in [-0.15, -0.1) is 0 Å². The van der Waals surface area contributed by atoms with E-state index in [-0.39, 0.29) is 6.10 Å². The Balaban J connectivity index is 2.12. The van der Waals surface area contributed by atoms with E-state index in [0.29, 0.717) is 5.92 Å². The van der Waals surface area contributed by atoms with E-state index in [4.69, 9.17) is 0 Å². The highest BCUT2D eigenvalue weighted by Crippen LogP contribution is 2.27. The van der Waals surface area contributed by atoms with Gasteiger partial charge in [-0.2, -0.15) is 0 Å². The van der Waals surface area contributed by atoms with Crippen molar-refractivity contribution in [2.24, 2.45) is 0 Å². The molecule has 14 heavy (non-hydrogen) atoms. The van der Waals surface area contributed by atoms with Gasteiger partial charge in [0.15, 0.2) is 0 Å². The summed E-state index contributed by atoms with van der Waals surface area (Å²) in [6.07, 6.45) is 0.845. The lowest BCUT2D eigenvalue weighted by Gasteiger charge is -2.33. The molecule has 2 nitrogen and oxygen atoms in total. The Morgan fingerprint density at radius 3 is 2.64 bits per heavy atom. The van der Waals surface area contributed by atoms with Crippen LogP contribution in [0.5, 0.6) is 0 Å². The molecule has 0 unspecified atom stereocenters. The van der Waals surface area contributed by atoms with Crippen LogP contribution in [0.4, 0.5) is 0 Å². The highest BCUT2D eigenvalue weighted by Gasteiger charge is 2.26. The summed E-state index contributed by atoms with van der Waals surface area (Å²) in [6, 6.07) is 10.3. The normalized spacial score (nSPS) is 29.0. The number of likely N-dealkylation sites (N-methyl/N-ethyl adjacent to an activating group) is 1. The fourth-order valence-corrected chi connectivity index (χ4v) is 2.18. The Labute approximate surface area is 85.2 Å². The summed E-state index contributed by atoms with van der Waals surface area (Å²) in [5.74, 6) is 0.326. The number of β-amino-alcohol motifs (C(OH)–C–C–N with tert-alkyl or cyclic N) is 1. The van der Waals surface area contributed by atoms with E-state index >= 15 is 0 Å². The smallest absolute Gasteiger partial charge is 0.0735 e. The van der Waals surface area contributed by atoms with E-state index < -0.39 is 0 Å². The monoisotopic (exact) mass is 191 g/mol. The van der Waals surface area contributed by atoms with Gasteiger partial charge in [0.05, 0.1) is 6.10 Å². The maximum absolute atomic E-state index is 9.95. The predicted molar refractivity (Wildman–Crippen MR) is 57.3 cm³/mol. The second-order valence-corrected chi connectivity index (χ2v) is 4.14. The number of likely N-dealkylation sites (tertiary alicyclic amines) is 1. The molecular formula is C12H17NO. The predicted octanol–water partition coefficient (Wildman–Crippen LogP) is 1.47. The van der Waals surface area contributed by atoms with E-state index in [9.17, 15) is 5.11 Å². The lowest BCUT2D eigenvalue weighted by atomic mass is 9.87. The molecule has 1 aliphatic rings. The van der Waals surface area contributed by atoms with Gasteiger partial charge in [-0.3, -0.25) is 0 Å². The van der Waals surface area contributed by atoms with E-state index in [0.717, 1.165) is 19.5 Å². The van der Waals surface area contributed by atoms with Crippen LogP contribution in [-0.4, -0.2) is 36.2 Å². The Kier molecular flexibility index (Phi) is 2.85. The van der Waals surface area contributed by atoms with Crippen LogP contribution in [0.2, 0.25) is 0 Å². The largest absolute Gasteiger partial charge is 0.391 e. The van der Waals surface area contributed by atoms with Crippen LogP contribution in [0.1, 0.15) is 17.9 Å². The molecule has 76 valence electrons. The third-order valence-corrected chi connectivity index (χ3v) is 3.01. The molecule has 0 aliphatic carbocycles. The van der Waals surface area contributed by atoms with E-state index in [1.54, 1.807) is 0 Å². The van der Waals surface area contributed by atoms with Crippen LogP contribution < -0.4 is 0 Å². The molecule has 0 aromatic heterocycles. The highest BCUT2D eigenvalue weighted by atomic mass is 16.3. The number of hydrogen-bond acceptors (Lipinski definition) is 2. The second kappa shape index (κ2) is 4.11. The van der Waals surface area contributed by atoms with Gasteiger partial charge in [0.2, 0.25) is 0 Å². The highest BCUT2D eigenvalue weighted by molar-refractivity contribution is 5.21. The van der Waals surface area contributed by atoms with Gasteiger partial charge >= 0.3 is 0 Å². The molecule has 1 heterocycles. The molecule has 0 radical (unpaired) electrons. The van der Waals surface area contributed by atoms with Gasteiger partial charge in [0.25, 0.3) is 0 Å². The van der Waals surface area contributed by atoms with Crippen molar-refractivity contribution in [3.05, 3.63) is 35.9 Å². The van der Waals surface area contributed by atoms with Crippen molar-refractivity contribution in [2.75, 3.05) is 20.1 Å². The standard InChI is InChI=1S/C12H17NO/c1-13-8-7-11(12(14)9-13)10-5-3-2-4-6-10/h2-6,11-12,14H,7-9H2,1H3/t11-,12+/m1/s1. The number of hydrogen-bond donors (Lipinski definition) is 1. The molecule has 0 spiro atoms. The number of aliphatic hydroxyl groups excluding tert-OH is 1. The zero-order valence-corrected chi connectivity index (χ0v) is 8.56. The van der Waals surface area contributed by atoms with Crippen LogP contribution in [0.25, 0.3) is 0 Å². The topological polar surface area (TPSA) is 23.5 Å². The van der Waals surface area contributed by atoms with E-state index in [1.807, 2.05) is 18.2 Å². The number of aliphatic hydroxyl groups is 1. The minimum Gasteiger partial charge on any atom is -0.391 e. The molecule has 0 amide bonds. The van der Waals surface area contributed by atoms with Crippen molar-refractivity contribution in [3.8, 4) is 0 Å². The second-order valence-electron chi connectivity index (χ2n) is 4.14.